The van der Waals surface area contributed by atoms with Gasteiger partial charge in [-0.2, -0.15) is 0 Å². The minimum atomic E-state index is 0.0738. The number of fused-ring (bicyclic) bond motifs is 1. The number of nitrogens with zero attached hydrogens (tertiary/aromatic N) is 2. The van der Waals surface area contributed by atoms with Crippen molar-refractivity contribution in [2.45, 2.75) is 64.8 Å². The van der Waals surface area contributed by atoms with Crippen molar-refractivity contribution in [2.75, 3.05) is 18.0 Å². The Kier molecular flexibility index (Phi) is 7.06. The topological polar surface area (TPSA) is 40.6 Å². The standard InChI is InChI=1S/C27H34N2O2/c1-21-12-14-22(15-13-21)26(30)28-18-8-4-2-3-5-9-19-29(27(31)23-16-17-23)25-11-7-6-10-24(25)20-28/h6-7,10-15,23H,2-5,8-9,16-20H2,1H3. The largest absolute Gasteiger partial charge is 0.334 e. The molecule has 0 bridgehead atoms. The molecule has 1 heterocycles. The Morgan fingerprint density at radius 1 is 0.806 bits per heavy atom. The highest BCUT2D eigenvalue weighted by Crippen LogP contribution is 2.34. The molecule has 0 radical (unpaired) electrons. The molecule has 2 aromatic rings. The molecule has 4 rings (SSSR count). The van der Waals surface area contributed by atoms with E-state index in [2.05, 4.69) is 12.1 Å². The average Bonchev–Trinajstić information content (AvgIpc) is 3.62. The second-order valence-corrected chi connectivity index (χ2v) is 9.11. The van der Waals surface area contributed by atoms with Crippen molar-refractivity contribution in [1.82, 2.24) is 4.90 Å². The zero-order chi connectivity index (χ0) is 21.6. The third-order valence-electron chi connectivity index (χ3n) is 6.48. The van der Waals surface area contributed by atoms with Gasteiger partial charge in [0.25, 0.3) is 5.91 Å². The normalized spacial score (nSPS) is 18.4. The summed E-state index contributed by atoms with van der Waals surface area (Å²) in [6.45, 7) is 4.10. The summed E-state index contributed by atoms with van der Waals surface area (Å²) in [6, 6.07) is 16.0. The lowest BCUT2D eigenvalue weighted by atomic mass is 10.1. The van der Waals surface area contributed by atoms with Crippen molar-refractivity contribution >= 4 is 17.5 Å². The summed E-state index contributed by atoms with van der Waals surface area (Å²) in [5, 5.41) is 0. The van der Waals surface area contributed by atoms with Crippen molar-refractivity contribution < 1.29 is 9.59 Å². The fourth-order valence-electron chi connectivity index (χ4n) is 4.42. The number of hydrogen-bond acceptors (Lipinski definition) is 2. The monoisotopic (exact) mass is 418 g/mol. The van der Waals surface area contributed by atoms with Gasteiger partial charge in [-0.1, -0.05) is 61.6 Å². The first-order valence-corrected chi connectivity index (χ1v) is 11.9. The summed E-state index contributed by atoms with van der Waals surface area (Å²) in [5.41, 5.74) is 3.94. The lowest BCUT2D eigenvalue weighted by Crippen LogP contribution is -2.36. The van der Waals surface area contributed by atoms with E-state index in [4.69, 9.17) is 0 Å². The highest BCUT2D eigenvalue weighted by molar-refractivity contribution is 5.97. The summed E-state index contributed by atoms with van der Waals surface area (Å²) in [6.07, 6.45) is 8.76. The van der Waals surface area contributed by atoms with E-state index in [1.54, 1.807) is 0 Å². The van der Waals surface area contributed by atoms with Crippen LogP contribution in [0, 0.1) is 12.8 Å². The molecule has 31 heavy (non-hydrogen) atoms. The van der Waals surface area contributed by atoms with Crippen LogP contribution in [-0.2, 0) is 11.3 Å². The van der Waals surface area contributed by atoms with Gasteiger partial charge in [0.15, 0.2) is 0 Å². The maximum Gasteiger partial charge on any atom is 0.254 e. The number of rotatable bonds is 2. The Morgan fingerprint density at radius 3 is 2.16 bits per heavy atom. The van der Waals surface area contributed by atoms with Gasteiger partial charge >= 0.3 is 0 Å². The number of hydrogen-bond donors (Lipinski definition) is 0. The number of amides is 2. The molecule has 0 N–H and O–H groups in total. The number of benzene rings is 2. The van der Waals surface area contributed by atoms with E-state index in [0.717, 1.165) is 74.0 Å². The van der Waals surface area contributed by atoms with Crippen LogP contribution in [0.5, 0.6) is 0 Å². The van der Waals surface area contributed by atoms with Gasteiger partial charge in [0, 0.05) is 36.8 Å². The Bertz CT molecular complexity index is 902. The van der Waals surface area contributed by atoms with Crippen LogP contribution in [0.1, 0.15) is 72.9 Å². The van der Waals surface area contributed by atoms with Gasteiger partial charge in [0.1, 0.15) is 0 Å². The molecule has 1 fully saturated rings. The molecule has 0 atom stereocenters. The van der Waals surface area contributed by atoms with Gasteiger partial charge in [-0.3, -0.25) is 9.59 Å². The minimum absolute atomic E-state index is 0.0738. The summed E-state index contributed by atoms with van der Waals surface area (Å²) < 4.78 is 0. The lowest BCUT2D eigenvalue weighted by molar-refractivity contribution is -0.119. The predicted octanol–water partition coefficient (Wildman–Crippen LogP) is 5.73. The molecule has 164 valence electrons. The van der Waals surface area contributed by atoms with Gasteiger partial charge < -0.3 is 9.80 Å². The number of anilines is 1. The van der Waals surface area contributed by atoms with Gasteiger partial charge in [-0.15, -0.1) is 0 Å². The van der Waals surface area contributed by atoms with Crippen LogP contribution in [-0.4, -0.2) is 29.8 Å². The smallest absolute Gasteiger partial charge is 0.254 e. The molecule has 0 spiro atoms. The first-order chi connectivity index (χ1) is 15.1. The lowest BCUT2D eigenvalue weighted by Gasteiger charge is -2.28. The summed E-state index contributed by atoms with van der Waals surface area (Å²) in [4.78, 5) is 30.5. The Morgan fingerprint density at radius 2 is 1.45 bits per heavy atom. The maximum atomic E-state index is 13.4. The van der Waals surface area contributed by atoms with Crippen molar-refractivity contribution in [3.8, 4) is 0 Å². The van der Waals surface area contributed by atoms with Crippen molar-refractivity contribution in [1.29, 1.82) is 0 Å². The van der Waals surface area contributed by atoms with Crippen LogP contribution in [0.15, 0.2) is 48.5 Å². The predicted molar refractivity (Wildman–Crippen MR) is 125 cm³/mol. The second kappa shape index (κ2) is 10.1. The first kappa shape index (κ1) is 21.6. The van der Waals surface area contributed by atoms with Gasteiger partial charge in [-0.05, 0) is 56.4 Å². The van der Waals surface area contributed by atoms with Crippen LogP contribution < -0.4 is 4.90 Å². The number of aryl methyl sites for hydroxylation is 1. The molecule has 2 aromatic carbocycles. The van der Waals surface area contributed by atoms with Crippen LogP contribution in [0.2, 0.25) is 0 Å². The second-order valence-electron chi connectivity index (χ2n) is 9.11. The van der Waals surface area contributed by atoms with Crippen molar-refractivity contribution in [3.05, 3.63) is 65.2 Å². The Hall–Kier alpha value is -2.62. The average molecular weight is 419 g/mol. The van der Waals surface area contributed by atoms with E-state index in [1.807, 2.05) is 53.1 Å². The van der Waals surface area contributed by atoms with E-state index in [0.29, 0.717) is 6.54 Å². The van der Waals surface area contributed by atoms with E-state index in [-0.39, 0.29) is 17.7 Å². The summed E-state index contributed by atoms with van der Waals surface area (Å²) in [5.74, 6) is 0.525. The molecule has 1 aliphatic heterocycles. The highest BCUT2D eigenvalue weighted by atomic mass is 16.2. The van der Waals surface area contributed by atoms with E-state index < -0.39 is 0 Å². The van der Waals surface area contributed by atoms with Crippen molar-refractivity contribution in [2.24, 2.45) is 5.92 Å². The fourth-order valence-corrected chi connectivity index (χ4v) is 4.42. The zero-order valence-electron chi connectivity index (χ0n) is 18.7. The molecule has 2 aliphatic rings. The SMILES string of the molecule is Cc1ccc(C(=O)N2CCCCCCCCN(C(=O)C3CC3)c3ccccc3C2)cc1. The molecule has 1 aliphatic carbocycles. The molecular formula is C27H34N2O2. The molecule has 2 amide bonds. The van der Waals surface area contributed by atoms with Gasteiger partial charge in [-0.25, -0.2) is 0 Å². The first-order valence-electron chi connectivity index (χ1n) is 11.9. The number of carbonyl (C=O) groups excluding carboxylic acids is 2. The van der Waals surface area contributed by atoms with E-state index in [1.165, 1.54) is 12.8 Å². The van der Waals surface area contributed by atoms with Crippen LogP contribution in [0.3, 0.4) is 0 Å². The maximum absolute atomic E-state index is 13.4. The van der Waals surface area contributed by atoms with Gasteiger partial charge in [0.2, 0.25) is 5.91 Å². The number of para-hydroxylation sites is 1. The van der Waals surface area contributed by atoms with Gasteiger partial charge in [0.05, 0.1) is 0 Å². The highest BCUT2D eigenvalue weighted by Gasteiger charge is 2.34. The summed E-state index contributed by atoms with van der Waals surface area (Å²) >= 11 is 0. The molecule has 0 aromatic heterocycles. The summed E-state index contributed by atoms with van der Waals surface area (Å²) in [7, 11) is 0. The van der Waals surface area contributed by atoms with Crippen LogP contribution >= 0.6 is 0 Å². The molecule has 4 heteroatoms. The molecule has 0 unspecified atom stereocenters. The number of carbonyl (C=O) groups is 2. The Balaban J connectivity index is 1.64. The van der Waals surface area contributed by atoms with E-state index >= 15 is 0 Å². The third-order valence-corrected chi connectivity index (χ3v) is 6.48. The Labute approximate surface area is 186 Å². The van der Waals surface area contributed by atoms with Crippen LogP contribution in [0.4, 0.5) is 5.69 Å². The molecule has 4 nitrogen and oxygen atoms in total. The third kappa shape index (κ3) is 5.55. The molecule has 1 saturated carbocycles. The minimum Gasteiger partial charge on any atom is -0.334 e. The quantitative estimate of drug-likeness (QED) is 0.624. The van der Waals surface area contributed by atoms with Crippen molar-refractivity contribution in [3.63, 3.8) is 0 Å². The molecule has 0 saturated heterocycles. The fraction of sp³-hybridized carbons (Fsp3) is 0.481. The molecular weight excluding hydrogens is 384 g/mol. The van der Waals surface area contributed by atoms with E-state index in [9.17, 15) is 9.59 Å². The van der Waals surface area contributed by atoms with Crippen LogP contribution in [0.25, 0.3) is 0 Å². The zero-order valence-corrected chi connectivity index (χ0v) is 18.7.